The first-order chi connectivity index (χ1) is 14.3. The third-order valence-corrected chi connectivity index (χ3v) is 6.09. The normalized spacial score (nSPS) is 14.0. The molecular weight excluding hydrogens is 352 g/mol. The Hall–Kier alpha value is -3.71. The highest BCUT2D eigenvalue weighted by atomic mass is 16.1. The van der Waals surface area contributed by atoms with Crippen molar-refractivity contribution >= 4 is 16.9 Å². The topological polar surface area (TPSA) is 17.1 Å². The molecule has 4 aromatic carbocycles. The van der Waals surface area contributed by atoms with Gasteiger partial charge >= 0.3 is 0 Å². The van der Waals surface area contributed by atoms with E-state index < -0.39 is 0 Å². The molecule has 1 nitrogen and oxygen atoms in total. The summed E-state index contributed by atoms with van der Waals surface area (Å²) in [6, 6.07) is 33.4. The van der Waals surface area contributed by atoms with Crippen LogP contribution in [0.25, 0.3) is 11.1 Å². The molecular formula is C28H18O. The van der Waals surface area contributed by atoms with Gasteiger partial charge in [0.1, 0.15) is 0 Å². The maximum absolute atomic E-state index is 13.2. The molecule has 0 aromatic heterocycles. The Morgan fingerprint density at radius 1 is 0.414 bits per heavy atom. The van der Waals surface area contributed by atoms with Crippen molar-refractivity contribution < 1.29 is 4.79 Å². The Morgan fingerprint density at radius 3 is 1.24 bits per heavy atom. The minimum absolute atomic E-state index is 0.109. The summed E-state index contributed by atoms with van der Waals surface area (Å²) in [5, 5.41) is 0. The van der Waals surface area contributed by atoms with Gasteiger partial charge < -0.3 is 0 Å². The lowest BCUT2D eigenvalue weighted by atomic mass is 9.73. The van der Waals surface area contributed by atoms with Crippen molar-refractivity contribution in [3.05, 3.63) is 142 Å². The first-order valence-electron chi connectivity index (χ1n) is 9.97. The van der Waals surface area contributed by atoms with Crippen molar-refractivity contribution in [2.45, 2.75) is 6.42 Å². The number of fused-ring (bicyclic) bond motifs is 4. The molecule has 0 atom stereocenters. The van der Waals surface area contributed by atoms with E-state index in [-0.39, 0.29) is 5.78 Å². The van der Waals surface area contributed by atoms with Gasteiger partial charge in [0.2, 0.25) is 0 Å². The Kier molecular flexibility index (Phi) is 3.45. The summed E-state index contributed by atoms with van der Waals surface area (Å²) in [6.45, 7) is 0. The smallest absolute Gasteiger partial charge is 0.194 e. The van der Waals surface area contributed by atoms with E-state index in [0.29, 0.717) is 0 Å². The minimum atomic E-state index is 0.109. The molecule has 0 fully saturated rings. The van der Waals surface area contributed by atoms with Gasteiger partial charge in [-0.1, -0.05) is 97.1 Å². The quantitative estimate of drug-likeness (QED) is 0.314. The summed E-state index contributed by atoms with van der Waals surface area (Å²) in [6.07, 6.45) is 0.936. The van der Waals surface area contributed by atoms with Crippen LogP contribution in [0.5, 0.6) is 0 Å². The van der Waals surface area contributed by atoms with Crippen molar-refractivity contribution in [1.82, 2.24) is 0 Å². The van der Waals surface area contributed by atoms with Crippen molar-refractivity contribution in [2.24, 2.45) is 0 Å². The molecule has 0 bridgehead atoms. The van der Waals surface area contributed by atoms with Crippen LogP contribution in [-0.2, 0) is 6.42 Å². The largest absolute Gasteiger partial charge is 0.289 e. The summed E-state index contributed by atoms with van der Waals surface area (Å²) in [5.74, 6) is 0.109. The Bertz CT molecular complexity index is 1240. The molecule has 0 unspecified atom stereocenters. The van der Waals surface area contributed by atoms with Crippen molar-refractivity contribution in [3.8, 4) is 0 Å². The monoisotopic (exact) mass is 370 g/mol. The van der Waals surface area contributed by atoms with Crippen LogP contribution in [0.2, 0.25) is 0 Å². The van der Waals surface area contributed by atoms with Crippen LogP contribution in [0, 0.1) is 0 Å². The van der Waals surface area contributed by atoms with Gasteiger partial charge in [0.05, 0.1) is 0 Å². The maximum Gasteiger partial charge on any atom is 0.194 e. The Labute approximate surface area is 170 Å². The predicted octanol–water partition coefficient (Wildman–Crippen LogP) is 6.14. The number of benzene rings is 4. The van der Waals surface area contributed by atoms with Crippen LogP contribution in [-0.4, -0.2) is 5.78 Å². The Morgan fingerprint density at radius 2 is 0.759 bits per heavy atom. The highest BCUT2D eigenvalue weighted by Gasteiger charge is 2.31. The molecule has 0 aliphatic heterocycles. The molecule has 6 rings (SSSR count). The number of rotatable bonds is 0. The van der Waals surface area contributed by atoms with E-state index in [0.717, 1.165) is 34.2 Å². The molecule has 2 aliphatic carbocycles. The SMILES string of the molecule is O=C1c2ccccc2C(=C2c3ccccc3Cc3ccccc32)c2ccccc21. The number of carbonyl (C=O) groups is 1. The molecule has 0 radical (unpaired) electrons. The summed E-state index contributed by atoms with van der Waals surface area (Å²) in [7, 11) is 0. The zero-order valence-corrected chi connectivity index (χ0v) is 15.9. The number of hydrogen-bond donors (Lipinski definition) is 0. The number of hydrogen-bond acceptors (Lipinski definition) is 1. The molecule has 4 aromatic rings. The van der Waals surface area contributed by atoms with E-state index in [2.05, 4.69) is 60.7 Å². The molecule has 29 heavy (non-hydrogen) atoms. The third kappa shape index (κ3) is 2.31. The van der Waals surface area contributed by atoms with Crippen LogP contribution in [0.4, 0.5) is 0 Å². The van der Waals surface area contributed by atoms with Crippen LogP contribution < -0.4 is 0 Å². The molecule has 1 heteroatoms. The second-order valence-corrected chi connectivity index (χ2v) is 7.66. The summed E-state index contributed by atoms with van der Waals surface area (Å²) < 4.78 is 0. The fourth-order valence-electron chi connectivity index (χ4n) is 4.81. The zero-order chi connectivity index (χ0) is 19.4. The van der Waals surface area contributed by atoms with Gasteiger partial charge in [-0.3, -0.25) is 4.79 Å². The minimum Gasteiger partial charge on any atom is -0.289 e. The average Bonchev–Trinajstić information content (AvgIpc) is 2.79. The average molecular weight is 370 g/mol. The van der Waals surface area contributed by atoms with E-state index in [1.165, 1.54) is 27.8 Å². The van der Waals surface area contributed by atoms with E-state index in [9.17, 15) is 4.79 Å². The van der Waals surface area contributed by atoms with Crippen molar-refractivity contribution in [3.63, 3.8) is 0 Å². The molecule has 0 saturated carbocycles. The highest BCUT2D eigenvalue weighted by Crippen LogP contribution is 2.46. The van der Waals surface area contributed by atoms with Gasteiger partial charge in [-0.05, 0) is 50.9 Å². The molecule has 2 aliphatic rings. The van der Waals surface area contributed by atoms with E-state index >= 15 is 0 Å². The molecule has 0 amide bonds. The lowest BCUT2D eigenvalue weighted by Crippen LogP contribution is -2.17. The number of ketones is 1. The van der Waals surface area contributed by atoms with Crippen LogP contribution in [0.3, 0.4) is 0 Å². The third-order valence-electron chi connectivity index (χ3n) is 6.09. The molecule has 0 heterocycles. The van der Waals surface area contributed by atoms with Gasteiger partial charge in [0, 0.05) is 11.1 Å². The molecule has 0 N–H and O–H groups in total. The van der Waals surface area contributed by atoms with E-state index in [4.69, 9.17) is 0 Å². The fourth-order valence-corrected chi connectivity index (χ4v) is 4.81. The summed E-state index contributed by atoms with van der Waals surface area (Å²) in [4.78, 5) is 13.2. The number of carbonyl (C=O) groups excluding carboxylic acids is 1. The van der Waals surface area contributed by atoms with Crippen molar-refractivity contribution in [2.75, 3.05) is 0 Å². The maximum atomic E-state index is 13.2. The first kappa shape index (κ1) is 16.3. The van der Waals surface area contributed by atoms with Gasteiger partial charge in [0.15, 0.2) is 5.78 Å². The van der Waals surface area contributed by atoms with Crippen LogP contribution in [0.15, 0.2) is 97.1 Å². The molecule has 0 spiro atoms. The first-order valence-corrected chi connectivity index (χ1v) is 9.97. The molecule has 0 saturated heterocycles. The standard InChI is InChI=1S/C28H18O/c29-28-24-15-7-5-13-22(24)27(23-14-6-8-16-25(23)28)26-20-11-3-1-9-18(20)17-19-10-2-4-12-21(19)26/h1-16H,17H2. The predicted molar refractivity (Wildman–Crippen MR) is 117 cm³/mol. The highest BCUT2D eigenvalue weighted by molar-refractivity contribution is 6.22. The van der Waals surface area contributed by atoms with Gasteiger partial charge in [-0.15, -0.1) is 0 Å². The second kappa shape index (κ2) is 6.15. The van der Waals surface area contributed by atoms with Crippen LogP contribution >= 0.6 is 0 Å². The Balaban J connectivity index is 1.82. The van der Waals surface area contributed by atoms with Gasteiger partial charge in [0.25, 0.3) is 0 Å². The lowest BCUT2D eigenvalue weighted by Gasteiger charge is -2.29. The van der Waals surface area contributed by atoms with E-state index in [1.54, 1.807) is 0 Å². The summed E-state index contributed by atoms with van der Waals surface area (Å²) >= 11 is 0. The zero-order valence-electron chi connectivity index (χ0n) is 15.9. The second-order valence-electron chi connectivity index (χ2n) is 7.66. The van der Waals surface area contributed by atoms with E-state index in [1.807, 2.05) is 36.4 Å². The fraction of sp³-hybridized carbons (Fsp3) is 0.0357. The van der Waals surface area contributed by atoms with Gasteiger partial charge in [-0.2, -0.15) is 0 Å². The van der Waals surface area contributed by atoms with Crippen LogP contribution in [0.1, 0.15) is 49.3 Å². The lowest BCUT2D eigenvalue weighted by molar-refractivity contribution is 0.103. The van der Waals surface area contributed by atoms with Gasteiger partial charge in [-0.25, -0.2) is 0 Å². The molecule has 136 valence electrons. The summed E-state index contributed by atoms with van der Waals surface area (Å²) in [5.41, 5.74) is 11.2. The van der Waals surface area contributed by atoms with Crippen molar-refractivity contribution in [1.29, 1.82) is 0 Å².